The Bertz CT molecular complexity index is 433. The van der Waals surface area contributed by atoms with Gasteiger partial charge in [-0.2, -0.15) is 0 Å². The van der Waals surface area contributed by atoms with E-state index < -0.39 is 11.8 Å². The van der Waals surface area contributed by atoms with Gasteiger partial charge in [-0.15, -0.1) is 0 Å². The van der Waals surface area contributed by atoms with Gasteiger partial charge >= 0.3 is 5.97 Å². The summed E-state index contributed by atoms with van der Waals surface area (Å²) in [7, 11) is 1.49. The molecule has 1 rings (SSSR count). The minimum atomic E-state index is -1.21. The average molecular weight is 241 g/mol. The zero-order chi connectivity index (χ0) is 12.8. The molecule has 17 heavy (non-hydrogen) atoms. The van der Waals surface area contributed by atoms with Crippen LogP contribution in [0.15, 0.2) is 18.2 Å². The number of aromatic carboxylic acids is 1. The normalized spacial score (nSPS) is 9.76. The van der Waals surface area contributed by atoms with E-state index in [1.165, 1.54) is 19.2 Å². The Kier molecular flexibility index (Phi) is 4.45. The number of carboxylic acid groups (broad SMARTS) is 1. The van der Waals surface area contributed by atoms with Gasteiger partial charge in [-0.1, -0.05) is 0 Å². The Morgan fingerprint density at radius 1 is 1.47 bits per heavy atom. The molecule has 1 aromatic rings. The second kappa shape index (κ2) is 5.83. The molecule has 0 saturated heterocycles. The van der Waals surface area contributed by atoms with Gasteiger partial charge in [0.05, 0.1) is 18.6 Å². The van der Waals surface area contributed by atoms with E-state index in [4.69, 9.17) is 9.84 Å². The lowest BCUT2D eigenvalue weighted by Gasteiger charge is -2.07. The van der Waals surface area contributed by atoms with Gasteiger partial charge in [-0.25, -0.2) is 9.18 Å². The molecule has 1 aromatic carbocycles. The fourth-order valence-corrected chi connectivity index (χ4v) is 1.13. The first-order chi connectivity index (χ1) is 8.04. The molecule has 6 heteroatoms. The van der Waals surface area contributed by atoms with Crippen molar-refractivity contribution in [1.29, 1.82) is 0 Å². The third-order valence-corrected chi connectivity index (χ3v) is 2.04. The largest absolute Gasteiger partial charge is 0.490 e. The van der Waals surface area contributed by atoms with E-state index in [2.05, 4.69) is 5.32 Å². The summed E-state index contributed by atoms with van der Waals surface area (Å²) in [6.07, 6.45) is 0.108. The van der Waals surface area contributed by atoms with E-state index in [-0.39, 0.29) is 30.2 Å². The van der Waals surface area contributed by atoms with Crippen LogP contribution in [-0.4, -0.2) is 30.6 Å². The lowest BCUT2D eigenvalue weighted by molar-refractivity contribution is -0.121. The van der Waals surface area contributed by atoms with Crippen molar-refractivity contribution in [3.05, 3.63) is 29.6 Å². The maximum absolute atomic E-state index is 13.3. The fourth-order valence-electron chi connectivity index (χ4n) is 1.13. The second-order valence-electron chi connectivity index (χ2n) is 3.22. The maximum Gasteiger partial charge on any atom is 0.335 e. The molecule has 0 bridgehead atoms. The van der Waals surface area contributed by atoms with Crippen LogP contribution in [0.2, 0.25) is 0 Å². The van der Waals surface area contributed by atoms with Gasteiger partial charge in [0, 0.05) is 7.05 Å². The first-order valence-corrected chi connectivity index (χ1v) is 4.91. The molecule has 0 aliphatic heterocycles. The Hall–Kier alpha value is -2.11. The predicted octanol–water partition coefficient (Wildman–Crippen LogP) is 1.04. The first-order valence-electron chi connectivity index (χ1n) is 4.91. The average Bonchev–Trinajstić information content (AvgIpc) is 2.30. The third kappa shape index (κ3) is 3.75. The maximum atomic E-state index is 13.3. The Morgan fingerprint density at radius 3 is 2.71 bits per heavy atom. The van der Waals surface area contributed by atoms with Crippen molar-refractivity contribution in [2.75, 3.05) is 13.7 Å². The highest BCUT2D eigenvalue weighted by atomic mass is 19.1. The van der Waals surface area contributed by atoms with Crippen LogP contribution >= 0.6 is 0 Å². The van der Waals surface area contributed by atoms with Crippen LogP contribution in [0.1, 0.15) is 16.8 Å². The zero-order valence-electron chi connectivity index (χ0n) is 9.20. The number of halogens is 1. The molecule has 0 spiro atoms. The van der Waals surface area contributed by atoms with Gasteiger partial charge in [-0.05, 0) is 18.2 Å². The van der Waals surface area contributed by atoms with Crippen LogP contribution in [0, 0.1) is 5.82 Å². The van der Waals surface area contributed by atoms with Crippen molar-refractivity contribution in [3.8, 4) is 5.75 Å². The van der Waals surface area contributed by atoms with Crippen LogP contribution < -0.4 is 10.1 Å². The number of nitrogens with one attached hydrogen (secondary N) is 1. The molecule has 0 aliphatic rings. The van der Waals surface area contributed by atoms with Crippen LogP contribution in [0.25, 0.3) is 0 Å². The number of ether oxygens (including phenoxy) is 1. The van der Waals surface area contributed by atoms with E-state index in [1.54, 1.807) is 0 Å². The van der Waals surface area contributed by atoms with Gasteiger partial charge in [0.25, 0.3) is 0 Å². The van der Waals surface area contributed by atoms with Gasteiger partial charge in [0.15, 0.2) is 11.6 Å². The summed E-state index contributed by atoms with van der Waals surface area (Å²) in [5.41, 5.74) is -0.152. The quantitative estimate of drug-likeness (QED) is 0.807. The van der Waals surface area contributed by atoms with E-state index in [9.17, 15) is 14.0 Å². The molecule has 1 amide bonds. The molecule has 0 aromatic heterocycles. The number of hydrogen-bond acceptors (Lipinski definition) is 3. The highest BCUT2D eigenvalue weighted by molar-refractivity contribution is 5.87. The van der Waals surface area contributed by atoms with Crippen LogP contribution in [-0.2, 0) is 4.79 Å². The van der Waals surface area contributed by atoms with Crippen molar-refractivity contribution in [1.82, 2.24) is 5.32 Å². The lowest BCUT2D eigenvalue weighted by atomic mass is 10.2. The molecule has 92 valence electrons. The number of hydrogen-bond donors (Lipinski definition) is 2. The van der Waals surface area contributed by atoms with Crippen LogP contribution in [0.4, 0.5) is 4.39 Å². The SMILES string of the molecule is CNC(=O)CCOc1ccc(C(=O)O)cc1F. The molecule has 0 unspecified atom stereocenters. The highest BCUT2D eigenvalue weighted by Gasteiger charge is 2.09. The van der Waals surface area contributed by atoms with E-state index in [1.807, 2.05) is 0 Å². The number of benzene rings is 1. The highest BCUT2D eigenvalue weighted by Crippen LogP contribution is 2.18. The van der Waals surface area contributed by atoms with E-state index >= 15 is 0 Å². The molecule has 0 saturated carbocycles. The number of rotatable bonds is 5. The first kappa shape index (κ1) is 13.0. The summed E-state index contributed by atoms with van der Waals surface area (Å²) in [5.74, 6) is -2.26. The molecule has 0 fully saturated rings. The Balaban J connectivity index is 2.60. The molecule has 0 heterocycles. The molecule has 0 atom stereocenters. The fraction of sp³-hybridized carbons (Fsp3) is 0.273. The molecule has 0 aliphatic carbocycles. The minimum Gasteiger partial charge on any atom is -0.490 e. The van der Waals surface area contributed by atoms with Gasteiger partial charge in [-0.3, -0.25) is 4.79 Å². The zero-order valence-corrected chi connectivity index (χ0v) is 9.20. The Labute approximate surface area is 97.2 Å². The second-order valence-corrected chi connectivity index (χ2v) is 3.22. The van der Waals surface area contributed by atoms with Crippen molar-refractivity contribution < 1.29 is 23.8 Å². The summed E-state index contributed by atoms with van der Waals surface area (Å²) in [6.45, 7) is 0.0308. The summed E-state index contributed by atoms with van der Waals surface area (Å²) >= 11 is 0. The molecule has 2 N–H and O–H groups in total. The van der Waals surface area contributed by atoms with Crippen molar-refractivity contribution in [2.45, 2.75) is 6.42 Å². The third-order valence-electron chi connectivity index (χ3n) is 2.04. The number of carbonyl (C=O) groups excluding carboxylic acids is 1. The predicted molar refractivity (Wildman–Crippen MR) is 57.5 cm³/mol. The molecular formula is C11H12FNO4. The van der Waals surface area contributed by atoms with E-state index in [0.717, 1.165) is 6.07 Å². The van der Waals surface area contributed by atoms with Crippen molar-refractivity contribution in [3.63, 3.8) is 0 Å². The van der Waals surface area contributed by atoms with Crippen molar-refractivity contribution >= 4 is 11.9 Å². The summed E-state index contributed by atoms with van der Waals surface area (Å²) in [4.78, 5) is 21.4. The number of amides is 1. The number of carbonyl (C=O) groups is 2. The smallest absolute Gasteiger partial charge is 0.335 e. The summed E-state index contributed by atoms with van der Waals surface area (Å²) in [6, 6.07) is 3.33. The van der Waals surface area contributed by atoms with Crippen LogP contribution in [0.5, 0.6) is 5.75 Å². The monoisotopic (exact) mass is 241 g/mol. The molecular weight excluding hydrogens is 229 g/mol. The standard InChI is InChI=1S/C11H12FNO4/c1-13-10(14)4-5-17-9-3-2-7(11(15)16)6-8(9)12/h2-3,6H,4-5H2,1H3,(H,13,14)(H,15,16). The molecule has 5 nitrogen and oxygen atoms in total. The van der Waals surface area contributed by atoms with Crippen LogP contribution in [0.3, 0.4) is 0 Å². The minimum absolute atomic E-state index is 0.0308. The van der Waals surface area contributed by atoms with E-state index in [0.29, 0.717) is 0 Å². The molecule has 0 radical (unpaired) electrons. The topological polar surface area (TPSA) is 75.6 Å². The number of carboxylic acids is 1. The lowest BCUT2D eigenvalue weighted by Crippen LogP contribution is -2.20. The van der Waals surface area contributed by atoms with Gasteiger partial charge < -0.3 is 15.2 Å². The summed E-state index contributed by atoms with van der Waals surface area (Å²) < 4.78 is 18.3. The summed E-state index contributed by atoms with van der Waals surface area (Å²) in [5, 5.41) is 11.0. The van der Waals surface area contributed by atoms with Gasteiger partial charge in [0.1, 0.15) is 0 Å². The van der Waals surface area contributed by atoms with Crippen molar-refractivity contribution in [2.24, 2.45) is 0 Å². The van der Waals surface area contributed by atoms with Gasteiger partial charge in [0.2, 0.25) is 5.91 Å². The Morgan fingerprint density at radius 2 is 2.18 bits per heavy atom.